The summed E-state index contributed by atoms with van der Waals surface area (Å²) in [6, 6.07) is 3.94. The fourth-order valence-electron chi connectivity index (χ4n) is 2.49. The second kappa shape index (κ2) is 7.17. The lowest BCUT2D eigenvalue weighted by Crippen LogP contribution is -2.08. The third-order valence-corrected chi connectivity index (χ3v) is 3.49. The van der Waals surface area contributed by atoms with Gasteiger partial charge in [0.05, 0.1) is 20.8 Å². The molecule has 4 heteroatoms. The van der Waals surface area contributed by atoms with Gasteiger partial charge in [-0.3, -0.25) is 0 Å². The van der Waals surface area contributed by atoms with E-state index in [9.17, 15) is 0 Å². The molecule has 0 bridgehead atoms. The zero-order valence-corrected chi connectivity index (χ0v) is 12.6. The molecular weight excluding hydrogens is 254 g/mol. The number of rotatable bonds is 7. The van der Waals surface area contributed by atoms with E-state index in [4.69, 9.17) is 14.2 Å². The summed E-state index contributed by atoms with van der Waals surface area (Å²) in [5.74, 6) is 2.30. The molecule has 0 fully saturated rings. The lowest BCUT2D eigenvalue weighted by molar-refractivity contribution is 0.343. The predicted octanol–water partition coefficient (Wildman–Crippen LogP) is 3.21. The molecule has 2 rings (SSSR count). The van der Waals surface area contributed by atoms with Crippen LogP contribution in [0.4, 0.5) is 0 Å². The maximum atomic E-state index is 5.61. The second-order valence-electron chi connectivity index (χ2n) is 4.82. The Morgan fingerprint density at radius 3 is 2.65 bits per heavy atom. The molecule has 0 aliphatic carbocycles. The maximum absolute atomic E-state index is 5.61. The van der Waals surface area contributed by atoms with Gasteiger partial charge in [0.2, 0.25) is 5.90 Å². The monoisotopic (exact) mass is 277 g/mol. The van der Waals surface area contributed by atoms with Gasteiger partial charge >= 0.3 is 0 Å². The van der Waals surface area contributed by atoms with Crippen LogP contribution in [0.1, 0.15) is 37.3 Å². The molecule has 0 unspecified atom stereocenters. The molecule has 0 aromatic heterocycles. The molecule has 0 atom stereocenters. The van der Waals surface area contributed by atoms with E-state index in [1.165, 1.54) is 12.8 Å². The molecule has 0 saturated carbocycles. The number of ether oxygens (including phenoxy) is 3. The highest BCUT2D eigenvalue weighted by atomic mass is 16.5. The molecule has 0 N–H and O–H groups in total. The first-order chi connectivity index (χ1) is 9.81. The number of hydrogen-bond acceptors (Lipinski definition) is 4. The third-order valence-electron chi connectivity index (χ3n) is 3.49. The zero-order chi connectivity index (χ0) is 14.4. The van der Waals surface area contributed by atoms with Crippen molar-refractivity contribution in [3.8, 4) is 11.5 Å². The van der Waals surface area contributed by atoms with Crippen LogP contribution in [0.25, 0.3) is 0 Å². The van der Waals surface area contributed by atoms with Crippen molar-refractivity contribution in [2.75, 3.05) is 27.4 Å². The van der Waals surface area contributed by atoms with Crippen molar-refractivity contribution >= 4 is 5.90 Å². The Morgan fingerprint density at radius 2 is 2.05 bits per heavy atom. The summed E-state index contributed by atoms with van der Waals surface area (Å²) in [7, 11) is 3.35. The van der Waals surface area contributed by atoms with E-state index in [1.807, 2.05) is 12.1 Å². The van der Waals surface area contributed by atoms with Crippen molar-refractivity contribution in [1.82, 2.24) is 0 Å². The summed E-state index contributed by atoms with van der Waals surface area (Å²) in [4.78, 5) is 4.42. The van der Waals surface area contributed by atoms with Gasteiger partial charge in [-0.25, -0.2) is 4.99 Å². The number of unbranched alkanes of at least 4 members (excludes halogenated alkanes) is 2. The van der Waals surface area contributed by atoms with Crippen molar-refractivity contribution in [3.63, 3.8) is 0 Å². The minimum absolute atomic E-state index is 0.665. The summed E-state index contributed by atoms with van der Waals surface area (Å²) >= 11 is 0. The topological polar surface area (TPSA) is 40.0 Å². The molecule has 110 valence electrons. The molecule has 0 radical (unpaired) electrons. The Balaban J connectivity index is 2.38. The fraction of sp³-hybridized carbons (Fsp3) is 0.562. The van der Waals surface area contributed by atoms with Crippen molar-refractivity contribution in [1.29, 1.82) is 0 Å². The average Bonchev–Trinajstić information content (AvgIpc) is 3.00. The van der Waals surface area contributed by atoms with Crippen molar-refractivity contribution < 1.29 is 14.2 Å². The number of hydrogen-bond donors (Lipinski definition) is 0. The van der Waals surface area contributed by atoms with Crippen LogP contribution in [0, 0.1) is 0 Å². The van der Waals surface area contributed by atoms with Crippen LogP contribution in [0.2, 0.25) is 0 Å². The number of aliphatic imine (C=N–C) groups is 1. The van der Waals surface area contributed by atoms with Gasteiger partial charge in [-0.15, -0.1) is 0 Å². The molecule has 1 heterocycles. The lowest BCUT2D eigenvalue weighted by Gasteiger charge is -2.16. The summed E-state index contributed by atoms with van der Waals surface area (Å²) in [6.07, 6.45) is 4.47. The van der Waals surface area contributed by atoms with Crippen LogP contribution in [0.3, 0.4) is 0 Å². The highest BCUT2D eigenvalue weighted by molar-refractivity contribution is 5.97. The number of benzene rings is 1. The van der Waals surface area contributed by atoms with Gasteiger partial charge in [-0.1, -0.05) is 19.8 Å². The van der Waals surface area contributed by atoms with Crippen molar-refractivity contribution in [2.45, 2.75) is 32.6 Å². The van der Waals surface area contributed by atoms with Gasteiger partial charge in [0.25, 0.3) is 0 Å². The van der Waals surface area contributed by atoms with E-state index in [2.05, 4.69) is 11.9 Å². The molecule has 1 aromatic rings. The first-order valence-corrected chi connectivity index (χ1v) is 7.23. The summed E-state index contributed by atoms with van der Waals surface area (Å²) in [5.41, 5.74) is 2.18. The Kier molecular flexibility index (Phi) is 5.27. The lowest BCUT2D eigenvalue weighted by atomic mass is 9.99. The highest BCUT2D eigenvalue weighted by Crippen LogP contribution is 2.35. The van der Waals surface area contributed by atoms with E-state index in [-0.39, 0.29) is 0 Å². The van der Waals surface area contributed by atoms with Crippen molar-refractivity contribution in [2.24, 2.45) is 4.99 Å². The SMILES string of the molecule is CCCCCc1c(C2=NCCO2)ccc(OC)c1OC. The first-order valence-electron chi connectivity index (χ1n) is 7.23. The third kappa shape index (κ3) is 3.06. The van der Waals surface area contributed by atoms with Crippen LogP contribution < -0.4 is 9.47 Å². The molecule has 1 aliphatic heterocycles. The van der Waals surface area contributed by atoms with Gasteiger partial charge in [-0.2, -0.15) is 0 Å². The van der Waals surface area contributed by atoms with E-state index < -0.39 is 0 Å². The Hall–Kier alpha value is -1.71. The molecule has 1 aliphatic rings. The molecule has 0 saturated heterocycles. The molecule has 4 nitrogen and oxygen atoms in total. The van der Waals surface area contributed by atoms with Crippen molar-refractivity contribution in [3.05, 3.63) is 23.3 Å². The molecule has 0 spiro atoms. The summed E-state index contributed by atoms with van der Waals surface area (Å²) < 4.78 is 16.6. The average molecular weight is 277 g/mol. The van der Waals surface area contributed by atoms with E-state index >= 15 is 0 Å². The van der Waals surface area contributed by atoms with Crippen LogP contribution >= 0.6 is 0 Å². The molecule has 0 amide bonds. The first kappa shape index (κ1) is 14.7. The molecular formula is C16H23NO3. The zero-order valence-electron chi connectivity index (χ0n) is 12.6. The minimum Gasteiger partial charge on any atom is -0.493 e. The Morgan fingerprint density at radius 1 is 1.20 bits per heavy atom. The second-order valence-corrected chi connectivity index (χ2v) is 4.82. The van der Waals surface area contributed by atoms with Gasteiger partial charge in [-0.05, 0) is 25.0 Å². The number of methoxy groups -OCH3 is 2. The quantitative estimate of drug-likeness (QED) is 0.718. The van der Waals surface area contributed by atoms with Gasteiger partial charge in [0.15, 0.2) is 11.5 Å². The number of nitrogens with zero attached hydrogens (tertiary/aromatic N) is 1. The van der Waals surface area contributed by atoms with Gasteiger partial charge in [0.1, 0.15) is 6.61 Å². The highest BCUT2D eigenvalue weighted by Gasteiger charge is 2.20. The fourth-order valence-corrected chi connectivity index (χ4v) is 2.49. The maximum Gasteiger partial charge on any atom is 0.216 e. The van der Waals surface area contributed by atoms with E-state index in [1.54, 1.807) is 14.2 Å². The van der Waals surface area contributed by atoms with Gasteiger partial charge < -0.3 is 14.2 Å². The summed E-state index contributed by atoms with van der Waals surface area (Å²) in [6.45, 7) is 3.60. The van der Waals surface area contributed by atoms with Crippen LogP contribution in [0.5, 0.6) is 11.5 Å². The molecule has 20 heavy (non-hydrogen) atoms. The van der Waals surface area contributed by atoms with Gasteiger partial charge in [0, 0.05) is 11.1 Å². The molecule has 1 aromatic carbocycles. The normalized spacial score (nSPS) is 13.8. The smallest absolute Gasteiger partial charge is 0.216 e. The van der Waals surface area contributed by atoms with E-state index in [0.717, 1.165) is 47.9 Å². The minimum atomic E-state index is 0.665. The predicted molar refractivity (Wildman–Crippen MR) is 80.1 cm³/mol. The van der Waals surface area contributed by atoms with Crippen LogP contribution in [-0.4, -0.2) is 33.3 Å². The Labute approximate surface area is 120 Å². The summed E-state index contributed by atoms with van der Waals surface area (Å²) in [5, 5.41) is 0. The standard InChI is InChI=1S/C16H23NO3/c1-4-5-6-7-12-13(16-17-10-11-20-16)8-9-14(18-2)15(12)19-3/h8-9H,4-7,10-11H2,1-3H3. The van der Waals surface area contributed by atoms with E-state index in [0.29, 0.717) is 6.61 Å². The van der Waals surface area contributed by atoms with Crippen LogP contribution in [-0.2, 0) is 11.2 Å². The van der Waals surface area contributed by atoms with Crippen LogP contribution in [0.15, 0.2) is 17.1 Å². The largest absolute Gasteiger partial charge is 0.493 e. The Bertz CT molecular complexity index is 483.